The summed E-state index contributed by atoms with van der Waals surface area (Å²) in [4.78, 5) is 16.3. The van der Waals surface area contributed by atoms with Gasteiger partial charge in [-0.15, -0.1) is 0 Å². The van der Waals surface area contributed by atoms with E-state index in [1.54, 1.807) is 18.3 Å². The van der Waals surface area contributed by atoms with Crippen LogP contribution in [0.3, 0.4) is 0 Å². The normalized spacial score (nSPS) is 18.1. The van der Waals surface area contributed by atoms with E-state index >= 15 is 0 Å². The number of aromatic nitrogens is 1. The second-order valence-corrected chi connectivity index (χ2v) is 4.87. The molecule has 1 unspecified atom stereocenters. The molecule has 0 bridgehead atoms. The molecule has 1 aliphatic rings. The third-order valence-electron chi connectivity index (χ3n) is 3.48. The van der Waals surface area contributed by atoms with E-state index in [0.717, 1.165) is 12.8 Å². The van der Waals surface area contributed by atoms with Gasteiger partial charge < -0.3 is 4.74 Å². The van der Waals surface area contributed by atoms with Crippen LogP contribution in [0.5, 0.6) is 5.75 Å². The number of benzene rings is 1. The van der Waals surface area contributed by atoms with Crippen molar-refractivity contribution in [2.24, 2.45) is 5.92 Å². The van der Waals surface area contributed by atoms with E-state index < -0.39 is 0 Å². The Hall–Kier alpha value is -2.23. The van der Waals surface area contributed by atoms with Gasteiger partial charge in [0.1, 0.15) is 11.6 Å². The van der Waals surface area contributed by atoms with Crippen molar-refractivity contribution in [2.75, 3.05) is 0 Å². The molecule has 0 aliphatic heterocycles. The Labute approximate surface area is 116 Å². The fourth-order valence-corrected chi connectivity index (χ4v) is 2.38. The summed E-state index contributed by atoms with van der Waals surface area (Å²) in [7, 11) is 0. The number of rotatable bonds is 2. The van der Waals surface area contributed by atoms with Gasteiger partial charge in [-0.05, 0) is 43.5 Å². The summed E-state index contributed by atoms with van der Waals surface area (Å²) in [5.74, 6) is -0.375. The Bertz CT molecular complexity index is 681. The summed E-state index contributed by atoms with van der Waals surface area (Å²) in [5, 5.41) is 0.521. The number of esters is 1. The molecule has 20 heavy (non-hydrogen) atoms. The lowest BCUT2D eigenvalue weighted by atomic mass is 9.95. The summed E-state index contributed by atoms with van der Waals surface area (Å²) in [5.41, 5.74) is 0.611. The molecule has 1 heterocycles. The molecule has 102 valence electrons. The quantitative estimate of drug-likeness (QED) is 0.618. The minimum Gasteiger partial charge on any atom is -0.426 e. The average Bonchev–Trinajstić information content (AvgIpc) is 2.49. The van der Waals surface area contributed by atoms with E-state index in [0.29, 0.717) is 23.1 Å². The van der Waals surface area contributed by atoms with Crippen molar-refractivity contribution in [3.8, 4) is 5.75 Å². The maximum atomic E-state index is 13.3. The van der Waals surface area contributed by atoms with Crippen molar-refractivity contribution in [1.29, 1.82) is 0 Å². The first kappa shape index (κ1) is 12.8. The van der Waals surface area contributed by atoms with E-state index in [9.17, 15) is 9.18 Å². The van der Waals surface area contributed by atoms with Gasteiger partial charge in [-0.25, -0.2) is 4.39 Å². The fraction of sp³-hybridized carbons (Fsp3) is 0.250. The Morgan fingerprint density at radius 2 is 2.20 bits per heavy atom. The third kappa shape index (κ3) is 2.54. The Morgan fingerprint density at radius 3 is 3.00 bits per heavy atom. The van der Waals surface area contributed by atoms with Crippen LogP contribution in [-0.2, 0) is 4.79 Å². The molecule has 1 atom stereocenters. The first-order chi connectivity index (χ1) is 9.74. The van der Waals surface area contributed by atoms with Crippen molar-refractivity contribution in [2.45, 2.75) is 19.3 Å². The average molecular weight is 271 g/mol. The molecule has 0 saturated carbocycles. The number of carbonyl (C=O) groups is 1. The zero-order valence-electron chi connectivity index (χ0n) is 10.9. The van der Waals surface area contributed by atoms with Crippen LogP contribution in [-0.4, -0.2) is 11.0 Å². The van der Waals surface area contributed by atoms with Crippen LogP contribution in [0.2, 0.25) is 0 Å². The highest BCUT2D eigenvalue weighted by Crippen LogP contribution is 2.27. The molecule has 3 rings (SSSR count). The van der Waals surface area contributed by atoms with Gasteiger partial charge in [-0.2, -0.15) is 0 Å². The lowest BCUT2D eigenvalue weighted by molar-refractivity contribution is -0.139. The number of fused-ring (bicyclic) bond motifs is 1. The minimum absolute atomic E-state index is 0.114. The maximum Gasteiger partial charge on any atom is 0.314 e. The number of hydrogen-bond donors (Lipinski definition) is 0. The lowest BCUT2D eigenvalue weighted by Crippen LogP contribution is -2.21. The molecule has 1 aromatic carbocycles. The highest BCUT2D eigenvalue weighted by molar-refractivity contribution is 5.88. The van der Waals surface area contributed by atoms with E-state index in [1.165, 1.54) is 12.1 Å². The predicted octanol–water partition coefficient (Wildman–Crippen LogP) is 3.64. The second kappa shape index (κ2) is 5.41. The standard InChI is InChI=1S/C16H14FNO2/c17-12-6-7-14-13(10-12)15(8-9-18-14)20-16(19)11-4-2-1-3-5-11/h1-2,6-11H,3-5H2. The molecule has 0 spiro atoms. The third-order valence-corrected chi connectivity index (χ3v) is 3.48. The SMILES string of the molecule is O=C(Oc1ccnc2ccc(F)cc12)C1CC=CCC1. The molecule has 0 fully saturated rings. The van der Waals surface area contributed by atoms with Crippen LogP contribution in [0.1, 0.15) is 19.3 Å². The van der Waals surface area contributed by atoms with Gasteiger partial charge in [0.25, 0.3) is 0 Å². The Kier molecular flexibility index (Phi) is 3.46. The van der Waals surface area contributed by atoms with Gasteiger partial charge >= 0.3 is 5.97 Å². The zero-order valence-corrected chi connectivity index (χ0v) is 10.9. The largest absolute Gasteiger partial charge is 0.426 e. The zero-order chi connectivity index (χ0) is 13.9. The number of nitrogens with zero attached hydrogens (tertiary/aromatic N) is 1. The number of pyridine rings is 1. The van der Waals surface area contributed by atoms with Crippen LogP contribution in [0.4, 0.5) is 4.39 Å². The summed E-state index contributed by atoms with van der Waals surface area (Å²) in [6.07, 6.45) is 8.03. The fourth-order valence-electron chi connectivity index (χ4n) is 2.38. The molecule has 0 N–H and O–H groups in total. The van der Waals surface area contributed by atoms with Gasteiger partial charge in [0, 0.05) is 11.6 Å². The van der Waals surface area contributed by atoms with E-state index in [1.807, 2.05) is 6.08 Å². The first-order valence-electron chi connectivity index (χ1n) is 6.65. The molecule has 1 aromatic heterocycles. The summed E-state index contributed by atoms with van der Waals surface area (Å²) in [6.45, 7) is 0. The van der Waals surface area contributed by atoms with Gasteiger partial charge in [0.15, 0.2) is 0 Å². The van der Waals surface area contributed by atoms with Crippen molar-refractivity contribution < 1.29 is 13.9 Å². The second-order valence-electron chi connectivity index (χ2n) is 4.87. The Balaban J connectivity index is 1.88. The van der Waals surface area contributed by atoms with Crippen molar-refractivity contribution in [3.63, 3.8) is 0 Å². The van der Waals surface area contributed by atoms with E-state index in [-0.39, 0.29) is 17.7 Å². The van der Waals surface area contributed by atoms with Crippen LogP contribution < -0.4 is 4.74 Å². The van der Waals surface area contributed by atoms with Crippen LogP contribution in [0.15, 0.2) is 42.6 Å². The number of halogens is 1. The Morgan fingerprint density at radius 1 is 1.30 bits per heavy atom. The van der Waals surface area contributed by atoms with Crippen molar-refractivity contribution in [3.05, 3.63) is 48.4 Å². The van der Waals surface area contributed by atoms with Gasteiger partial charge in [-0.3, -0.25) is 9.78 Å². The number of carbonyl (C=O) groups excluding carboxylic acids is 1. The highest BCUT2D eigenvalue weighted by atomic mass is 19.1. The predicted molar refractivity (Wildman–Crippen MR) is 73.8 cm³/mol. The highest BCUT2D eigenvalue weighted by Gasteiger charge is 2.21. The molecule has 3 nitrogen and oxygen atoms in total. The number of allylic oxidation sites excluding steroid dienone is 2. The van der Waals surface area contributed by atoms with E-state index in [2.05, 4.69) is 11.1 Å². The van der Waals surface area contributed by atoms with Gasteiger partial charge in [-0.1, -0.05) is 12.2 Å². The molecule has 0 saturated heterocycles. The lowest BCUT2D eigenvalue weighted by Gasteiger charge is -2.16. The maximum absolute atomic E-state index is 13.3. The van der Waals surface area contributed by atoms with Gasteiger partial charge in [0.2, 0.25) is 0 Å². The first-order valence-corrected chi connectivity index (χ1v) is 6.65. The smallest absolute Gasteiger partial charge is 0.314 e. The molecular weight excluding hydrogens is 257 g/mol. The molecule has 0 amide bonds. The van der Waals surface area contributed by atoms with Gasteiger partial charge in [0.05, 0.1) is 11.4 Å². The van der Waals surface area contributed by atoms with Crippen molar-refractivity contribution >= 4 is 16.9 Å². The van der Waals surface area contributed by atoms with Crippen LogP contribution in [0.25, 0.3) is 10.9 Å². The van der Waals surface area contributed by atoms with E-state index in [4.69, 9.17) is 4.74 Å². The minimum atomic E-state index is -0.372. The van der Waals surface area contributed by atoms with Crippen molar-refractivity contribution in [1.82, 2.24) is 4.98 Å². The summed E-state index contributed by atoms with van der Waals surface area (Å²) < 4.78 is 18.8. The molecule has 4 heteroatoms. The number of hydrogen-bond acceptors (Lipinski definition) is 3. The number of ether oxygens (including phenoxy) is 1. The monoisotopic (exact) mass is 271 g/mol. The van der Waals surface area contributed by atoms with Crippen LogP contribution in [0, 0.1) is 11.7 Å². The molecule has 0 radical (unpaired) electrons. The molecular formula is C16H14FNO2. The summed E-state index contributed by atoms with van der Waals surface area (Å²) >= 11 is 0. The molecule has 2 aromatic rings. The van der Waals surface area contributed by atoms with Crippen LogP contribution >= 0.6 is 0 Å². The topological polar surface area (TPSA) is 39.2 Å². The summed E-state index contributed by atoms with van der Waals surface area (Å²) in [6, 6.07) is 5.85. The molecule has 1 aliphatic carbocycles.